The first kappa shape index (κ1) is 18.8. The van der Waals surface area contributed by atoms with Crippen molar-refractivity contribution >= 4 is 16.8 Å². The molecular formula is C21H24N4O2. The molecule has 0 fully saturated rings. The van der Waals surface area contributed by atoms with Gasteiger partial charge >= 0.3 is 0 Å². The van der Waals surface area contributed by atoms with E-state index in [-0.39, 0.29) is 11.5 Å². The maximum Gasteiger partial charge on any atom is 0.258 e. The first-order valence-corrected chi connectivity index (χ1v) is 8.99. The normalized spacial score (nSPS) is 11.1. The number of aromatic nitrogens is 2. The van der Waals surface area contributed by atoms with Gasteiger partial charge in [-0.1, -0.05) is 31.2 Å². The summed E-state index contributed by atoms with van der Waals surface area (Å²) >= 11 is 0. The molecule has 2 aromatic carbocycles. The summed E-state index contributed by atoms with van der Waals surface area (Å²) in [6.45, 7) is 4.06. The fraction of sp³-hybridized carbons (Fsp3) is 0.286. The average Bonchev–Trinajstić information content (AvgIpc) is 2.67. The van der Waals surface area contributed by atoms with Crippen molar-refractivity contribution in [2.24, 2.45) is 0 Å². The number of carbonyl (C=O) groups excluding carboxylic acids is 1. The van der Waals surface area contributed by atoms with Gasteiger partial charge in [0.15, 0.2) is 0 Å². The average molecular weight is 364 g/mol. The molecule has 0 aliphatic carbocycles. The molecule has 0 saturated carbocycles. The van der Waals surface area contributed by atoms with E-state index >= 15 is 0 Å². The van der Waals surface area contributed by atoms with Gasteiger partial charge in [-0.2, -0.15) is 0 Å². The zero-order valence-electron chi connectivity index (χ0n) is 15.9. The summed E-state index contributed by atoms with van der Waals surface area (Å²) in [5.74, 6) is 0.626. The predicted molar refractivity (Wildman–Crippen MR) is 107 cm³/mol. The van der Waals surface area contributed by atoms with Crippen LogP contribution in [0.4, 0.5) is 0 Å². The summed E-state index contributed by atoms with van der Waals surface area (Å²) in [6, 6.07) is 15.0. The van der Waals surface area contributed by atoms with Crippen LogP contribution in [-0.2, 0) is 13.1 Å². The van der Waals surface area contributed by atoms with Gasteiger partial charge in [0.2, 0.25) is 0 Å². The van der Waals surface area contributed by atoms with Gasteiger partial charge in [-0.25, -0.2) is 4.98 Å². The quantitative estimate of drug-likeness (QED) is 0.730. The Kier molecular flexibility index (Phi) is 5.66. The minimum absolute atomic E-state index is 0.0135. The molecule has 1 amide bonds. The summed E-state index contributed by atoms with van der Waals surface area (Å²) in [6.07, 6.45) is 0. The van der Waals surface area contributed by atoms with E-state index in [1.165, 1.54) is 0 Å². The smallest absolute Gasteiger partial charge is 0.258 e. The number of benzene rings is 2. The van der Waals surface area contributed by atoms with Crippen molar-refractivity contribution in [1.29, 1.82) is 0 Å². The Hall–Kier alpha value is -2.99. The Morgan fingerprint density at radius 3 is 2.59 bits per heavy atom. The van der Waals surface area contributed by atoms with E-state index in [4.69, 9.17) is 0 Å². The standard InChI is InChI=1S/C21H24N4O2/c1-4-25(13-15-8-7-9-16(12-15)21(27)24(2)3)14-19-22-18-11-6-5-10-17(18)20(26)23-19/h5-12H,4,13-14H2,1-3H3,(H,22,23,26). The lowest BCUT2D eigenvalue weighted by atomic mass is 10.1. The number of H-pyrrole nitrogens is 1. The third-order valence-electron chi connectivity index (χ3n) is 4.47. The number of aromatic amines is 1. The second kappa shape index (κ2) is 8.14. The topological polar surface area (TPSA) is 69.3 Å². The van der Waals surface area contributed by atoms with Gasteiger partial charge in [0.05, 0.1) is 17.4 Å². The molecule has 27 heavy (non-hydrogen) atoms. The van der Waals surface area contributed by atoms with E-state index in [1.807, 2.05) is 42.5 Å². The Bertz CT molecular complexity index is 1010. The molecule has 3 rings (SSSR count). The van der Waals surface area contributed by atoms with Crippen molar-refractivity contribution in [2.45, 2.75) is 20.0 Å². The molecule has 0 bridgehead atoms. The van der Waals surface area contributed by atoms with Gasteiger partial charge in [0.25, 0.3) is 11.5 Å². The van der Waals surface area contributed by atoms with Crippen molar-refractivity contribution < 1.29 is 4.79 Å². The molecule has 3 aromatic rings. The molecule has 140 valence electrons. The number of fused-ring (bicyclic) bond motifs is 1. The number of amides is 1. The molecule has 1 aromatic heterocycles. The van der Waals surface area contributed by atoms with Crippen molar-refractivity contribution in [2.75, 3.05) is 20.6 Å². The van der Waals surface area contributed by atoms with Crippen molar-refractivity contribution in [3.05, 3.63) is 75.8 Å². The molecule has 0 aliphatic heterocycles. The number of para-hydroxylation sites is 1. The van der Waals surface area contributed by atoms with Crippen LogP contribution >= 0.6 is 0 Å². The molecule has 1 N–H and O–H groups in total. The fourth-order valence-corrected chi connectivity index (χ4v) is 3.02. The highest BCUT2D eigenvalue weighted by Gasteiger charge is 2.12. The lowest BCUT2D eigenvalue weighted by Gasteiger charge is -2.20. The summed E-state index contributed by atoms with van der Waals surface area (Å²) < 4.78 is 0. The summed E-state index contributed by atoms with van der Waals surface area (Å²) in [5, 5.41) is 0.596. The SMILES string of the molecule is CCN(Cc1cccc(C(=O)N(C)C)c1)Cc1nc2ccccc2c(=O)[nH]1. The molecule has 6 heteroatoms. The Balaban J connectivity index is 1.80. The maximum absolute atomic E-state index is 12.3. The maximum atomic E-state index is 12.3. The molecule has 0 atom stereocenters. The van der Waals surface area contributed by atoms with Crippen LogP contribution in [0.1, 0.15) is 28.7 Å². The molecule has 1 heterocycles. The Morgan fingerprint density at radius 1 is 1.07 bits per heavy atom. The monoisotopic (exact) mass is 364 g/mol. The van der Waals surface area contributed by atoms with Gasteiger partial charge < -0.3 is 9.88 Å². The highest BCUT2D eigenvalue weighted by molar-refractivity contribution is 5.94. The van der Waals surface area contributed by atoms with E-state index in [2.05, 4.69) is 21.8 Å². The summed E-state index contributed by atoms with van der Waals surface area (Å²) in [5.41, 5.74) is 2.30. The largest absolute Gasteiger partial charge is 0.345 e. The third-order valence-corrected chi connectivity index (χ3v) is 4.47. The van der Waals surface area contributed by atoms with Gasteiger partial charge in [-0.05, 0) is 36.4 Å². The Morgan fingerprint density at radius 2 is 1.85 bits per heavy atom. The molecule has 0 spiro atoms. The predicted octanol–water partition coefficient (Wildman–Crippen LogP) is 2.65. The van der Waals surface area contributed by atoms with Gasteiger partial charge in [0, 0.05) is 26.2 Å². The number of nitrogens with zero attached hydrogens (tertiary/aromatic N) is 3. The number of hydrogen-bond donors (Lipinski definition) is 1. The van der Waals surface area contributed by atoms with E-state index in [0.29, 0.717) is 35.4 Å². The van der Waals surface area contributed by atoms with Crippen LogP contribution in [0.25, 0.3) is 10.9 Å². The van der Waals surface area contributed by atoms with Gasteiger partial charge in [-0.15, -0.1) is 0 Å². The molecule has 0 unspecified atom stereocenters. The van der Waals surface area contributed by atoms with E-state index in [0.717, 1.165) is 12.1 Å². The second-order valence-corrected chi connectivity index (χ2v) is 6.73. The van der Waals surface area contributed by atoms with Crippen LogP contribution in [-0.4, -0.2) is 46.3 Å². The van der Waals surface area contributed by atoms with Crippen LogP contribution in [0.15, 0.2) is 53.3 Å². The zero-order valence-corrected chi connectivity index (χ0v) is 15.9. The number of nitrogens with one attached hydrogen (secondary N) is 1. The molecule has 0 aliphatic rings. The van der Waals surface area contributed by atoms with E-state index < -0.39 is 0 Å². The zero-order chi connectivity index (χ0) is 19.4. The van der Waals surface area contributed by atoms with Crippen molar-refractivity contribution in [1.82, 2.24) is 19.8 Å². The van der Waals surface area contributed by atoms with Crippen LogP contribution in [0.5, 0.6) is 0 Å². The van der Waals surface area contributed by atoms with Crippen molar-refractivity contribution in [3.8, 4) is 0 Å². The van der Waals surface area contributed by atoms with Crippen LogP contribution in [0, 0.1) is 0 Å². The van der Waals surface area contributed by atoms with E-state index in [9.17, 15) is 9.59 Å². The third kappa shape index (κ3) is 4.41. The summed E-state index contributed by atoms with van der Waals surface area (Å²) in [7, 11) is 3.49. The molecular weight excluding hydrogens is 340 g/mol. The van der Waals surface area contributed by atoms with E-state index in [1.54, 1.807) is 25.1 Å². The minimum atomic E-state index is -0.120. The first-order chi connectivity index (χ1) is 13.0. The summed E-state index contributed by atoms with van der Waals surface area (Å²) in [4.78, 5) is 35.6. The molecule has 0 radical (unpaired) electrons. The number of hydrogen-bond acceptors (Lipinski definition) is 4. The molecule has 0 saturated heterocycles. The fourth-order valence-electron chi connectivity index (χ4n) is 3.02. The Labute approximate surface area is 158 Å². The second-order valence-electron chi connectivity index (χ2n) is 6.73. The lowest BCUT2D eigenvalue weighted by molar-refractivity contribution is 0.0827. The minimum Gasteiger partial charge on any atom is -0.345 e. The van der Waals surface area contributed by atoms with Crippen LogP contribution in [0.3, 0.4) is 0 Å². The van der Waals surface area contributed by atoms with Crippen molar-refractivity contribution in [3.63, 3.8) is 0 Å². The highest BCUT2D eigenvalue weighted by atomic mass is 16.2. The highest BCUT2D eigenvalue weighted by Crippen LogP contribution is 2.12. The number of rotatable bonds is 6. The lowest BCUT2D eigenvalue weighted by Crippen LogP contribution is -2.26. The van der Waals surface area contributed by atoms with Gasteiger partial charge in [0.1, 0.15) is 5.82 Å². The number of carbonyl (C=O) groups is 1. The molecule has 6 nitrogen and oxygen atoms in total. The first-order valence-electron chi connectivity index (χ1n) is 8.99. The van der Waals surface area contributed by atoms with Crippen LogP contribution < -0.4 is 5.56 Å². The van der Waals surface area contributed by atoms with Crippen LogP contribution in [0.2, 0.25) is 0 Å². The van der Waals surface area contributed by atoms with Gasteiger partial charge in [-0.3, -0.25) is 14.5 Å².